The zero-order valence-electron chi connectivity index (χ0n) is 9.81. The van der Waals surface area contributed by atoms with Gasteiger partial charge in [-0.05, 0) is 52.5 Å². The zero-order chi connectivity index (χ0) is 10.9. The summed E-state index contributed by atoms with van der Waals surface area (Å²) in [7, 11) is 0. The van der Waals surface area contributed by atoms with Gasteiger partial charge in [0.05, 0.1) is 0 Å². The Morgan fingerprint density at radius 1 is 1.47 bits per heavy atom. The summed E-state index contributed by atoms with van der Waals surface area (Å²) in [6.07, 6.45) is 5.55. The number of nitrogens with one attached hydrogen (secondary N) is 2. The first-order chi connectivity index (χ1) is 7.09. The van der Waals surface area contributed by atoms with Crippen molar-refractivity contribution in [2.24, 2.45) is 5.92 Å². The Kier molecular flexibility index (Phi) is 3.01. The molecule has 1 aliphatic carbocycles. The third-order valence-electron chi connectivity index (χ3n) is 3.88. The number of piperidine rings is 1. The number of hydrogen-bond acceptors (Lipinski definition) is 2. The highest BCUT2D eigenvalue weighted by atomic mass is 16.2. The van der Waals surface area contributed by atoms with Gasteiger partial charge < -0.3 is 10.6 Å². The number of rotatable bonds is 2. The summed E-state index contributed by atoms with van der Waals surface area (Å²) < 4.78 is 0. The lowest BCUT2D eigenvalue weighted by Gasteiger charge is -2.41. The van der Waals surface area contributed by atoms with Crippen molar-refractivity contribution in [3.63, 3.8) is 0 Å². The summed E-state index contributed by atoms with van der Waals surface area (Å²) in [6.45, 7) is 5.30. The van der Waals surface area contributed by atoms with Gasteiger partial charge in [-0.2, -0.15) is 0 Å². The van der Waals surface area contributed by atoms with E-state index < -0.39 is 0 Å². The summed E-state index contributed by atoms with van der Waals surface area (Å²) in [6, 6.07) is 0.490. The highest BCUT2D eigenvalue weighted by Gasteiger charge is 2.35. The van der Waals surface area contributed by atoms with Gasteiger partial charge in [0.25, 0.3) is 0 Å². The van der Waals surface area contributed by atoms with Crippen LogP contribution in [-0.2, 0) is 4.79 Å². The molecule has 2 N–H and O–H groups in total. The second kappa shape index (κ2) is 4.12. The lowest BCUT2D eigenvalue weighted by Crippen LogP contribution is -2.54. The topological polar surface area (TPSA) is 41.1 Å². The van der Waals surface area contributed by atoms with E-state index in [0.717, 1.165) is 32.2 Å². The lowest BCUT2D eigenvalue weighted by molar-refractivity contribution is -0.128. The summed E-state index contributed by atoms with van der Waals surface area (Å²) in [5, 5.41) is 6.59. The zero-order valence-corrected chi connectivity index (χ0v) is 9.81. The molecule has 0 spiro atoms. The summed E-state index contributed by atoms with van der Waals surface area (Å²) in [5.74, 6) is 0.518. The third-order valence-corrected chi connectivity index (χ3v) is 3.88. The minimum absolute atomic E-state index is 0.116. The Morgan fingerprint density at radius 2 is 2.20 bits per heavy atom. The van der Waals surface area contributed by atoms with Crippen LogP contribution in [0.3, 0.4) is 0 Å². The maximum absolute atomic E-state index is 12.0. The van der Waals surface area contributed by atoms with E-state index >= 15 is 0 Å². The predicted molar refractivity (Wildman–Crippen MR) is 60.6 cm³/mol. The molecule has 86 valence electrons. The third kappa shape index (κ3) is 2.51. The molecule has 1 amide bonds. The smallest absolute Gasteiger partial charge is 0.223 e. The van der Waals surface area contributed by atoms with Gasteiger partial charge in [0, 0.05) is 17.5 Å². The molecule has 15 heavy (non-hydrogen) atoms. The molecule has 1 saturated carbocycles. The van der Waals surface area contributed by atoms with Gasteiger partial charge in [-0.3, -0.25) is 4.79 Å². The maximum Gasteiger partial charge on any atom is 0.223 e. The van der Waals surface area contributed by atoms with E-state index in [1.807, 2.05) is 0 Å². The van der Waals surface area contributed by atoms with Crippen molar-refractivity contribution in [3.8, 4) is 0 Å². The van der Waals surface area contributed by atoms with Crippen LogP contribution >= 0.6 is 0 Å². The minimum atomic E-state index is 0.116. The van der Waals surface area contributed by atoms with Crippen LogP contribution in [0.4, 0.5) is 0 Å². The fourth-order valence-electron chi connectivity index (χ4n) is 2.60. The Bertz CT molecular complexity index is 248. The highest BCUT2D eigenvalue weighted by Crippen LogP contribution is 2.31. The first-order valence-corrected chi connectivity index (χ1v) is 6.14. The molecule has 2 aliphatic rings. The Hall–Kier alpha value is -0.570. The van der Waals surface area contributed by atoms with Crippen LogP contribution in [0.1, 0.15) is 46.0 Å². The van der Waals surface area contributed by atoms with E-state index in [1.54, 1.807) is 0 Å². The van der Waals surface area contributed by atoms with Crippen LogP contribution in [0.25, 0.3) is 0 Å². The lowest BCUT2D eigenvalue weighted by atomic mass is 9.78. The summed E-state index contributed by atoms with van der Waals surface area (Å²) in [4.78, 5) is 12.0. The first kappa shape index (κ1) is 10.9. The normalized spacial score (nSPS) is 34.3. The van der Waals surface area contributed by atoms with Gasteiger partial charge in [-0.1, -0.05) is 0 Å². The van der Waals surface area contributed by atoms with Gasteiger partial charge in [-0.15, -0.1) is 0 Å². The van der Waals surface area contributed by atoms with Crippen LogP contribution in [-0.4, -0.2) is 24.0 Å². The van der Waals surface area contributed by atoms with E-state index in [9.17, 15) is 4.79 Å². The fraction of sp³-hybridized carbons (Fsp3) is 0.917. The number of carbonyl (C=O) groups excluding carboxylic acids is 1. The van der Waals surface area contributed by atoms with Gasteiger partial charge >= 0.3 is 0 Å². The quantitative estimate of drug-likeness (QED) is 0.724. The van der Waals surface area contributed by atoms with Crippen molar-refractivity contribution < 1.29 is 4.79 Å². The van der Waals surface area contributed by atoms with E-state index in [2.05, 4.69) is 24.5 Å². The molecule has 2 fully saturated rings. The Labute approximate surface area is 92.0 Å². The SMILES string of the molecule is CC1CC(C(=O)NC2(C)CCC2)CCN1. The van der Waals surface area contributed by atoms with Crippen molar-refractivity contribution in [1.82, 2.24) is 10.6 Å². The molecule has 0 bridgehead atoms. The number of carbonyl (C=O) groups is 1. The second-order valence-electron chi connectivity index (χ2n) is 5.48. The van der Waals surface area contributed by atoms with Gasteiger partial charge in [0.1, 0.15) is 0 Å². The monoisotopic (exact) mass is 210 g/mol. The van der Waals surface area contributed by atoms with E-state index in [0.29, 0.717) is 6.04 Å². The molecule has 3 heteroatoms. The number of hydrogen-bond donors (Lipinski definition) is 2. The molecular weight excluding hydrogens is 188 g/mol. The first-order valence-electron chi connectivity index (χ1n) is 6.14. The Morgan fingerprint density at radius 3 is 2.73 bits per heavy atom. The summed E-state index contributed by atoms with van der Waals surface area (Å²) in [5.41, 5.74) is 0.116. The van der Waals surface area contributed by atoms with Gasteiger partial charge in [0.2, 0.25) is 5.91 Å². The molecule has 0 radical (unpaired) electrons. The average molecular weight is 210 g/mol. The largest absolute Gasteiger partial charge is 0.351 e. The molecule has 1 heterocycles. The molecule has 0 aromatic heterocycles. The average Bonchev–Trinajstić information content (AvgIpc) is 2.15. The van der Waals surface area contributed by atoms with Crippen molar-refractivity contribution >= 4 is 5.91 Å². The standard InChI is InChI=1S/C12H22N2O/c1-9-8-10(4-7-13-9)11(15)14-12(2)5-3-6-12/h9-10,13H,3-8H2,1-2H3,(H,14,15). The van der Waals surface area contributed by atoms with Gasteiger partial charge in [0.15, 0.2) is 0 Å². The second-order valence-corrected chi connectivity index (χ2v) is 5.48. The number of amides is 1. The maximum atomic E-state index is 12.0. The highest BCUT2D eigenvalue weighted by molar-refractivity contribution is 5.79. The van der Waals surface area contributed by atoms with E-state index in [-0.39, 0.29) is 17.4 Å². The van der Waals surface area contributed by atoms with Crippen LogP contribution < -0.4 is 10.6 Å². The van der Waals surface area contributed by atoms with Crippen LogP contribution in [0.15, 0.2) is 0 Å². The van der Waals surface area contributed by atoms with E-state index in [4.69, 9.17) is 0 Å². The fourth-order valence-corrected chi connectivity index (χ4v) is 2.60. The van der Waals surface area contributed by atoms with Crippen LogP contribution in [0.2, 0.25) is 0 Å². The van der Waals surface area contributed by atoms with Crippen LogP contribution in [0, 0.1) is 5.92 Å². The molecule has 0 aromatic carbocycles. The molecule has 2 atom stereocenters. The van der Waals surface area contributed by atoms with Crippen molar-refractivity contribution in [1.29, 1.82) is 0 Å². The van der Waals surface area contributed by atoms with Crippen LogP contribution in [0.5, 0.6) is 0 Å². The van der Waals surface area contributed by atoms with Crippen molar-refractivity contribution in [2.75, 3.05) is 6.54 Å². The van der Waals surface area contributed by atoms with Gasteiger partial charge in [-0.25, -0.2) is 0 Å². The Balaban J connectivity index is 1.84. The molecule has 2 rings (SSSR count). The molecule has 1 saturated heterocycles. The molecule has 3 nitrogen and oxygen atoms in total. The summed E-state index contributed by atoms with van der Waals surface area (Å²) >= 11 is 0. The predicted octanol–water partition coefficient (Wildman–Crippen LogP) is 1.43. The molecular formula is C12H22N2O. The molecule has 2 unspecified atom stereocenters. The van der Waals surface area contributed by atoms with E-state index in [1.165, 1.54) is 6.42 Å². The molecule has 1 aliphatic heterocycles. The minimum Gasteiger partial charge on any atom is -0.351 e. The van der Waals surface area contributed by atoms with Crippen molar-refractivity contribution in [2.45, 2.75) is 57.5 Å². The molecule has 0 aromatic rings. The van der Waals surface area contributed by atoms with Crippen molar-refractivity contribution in [3.05, 3.63) is 0 Å².